The molecule has 0 aliphatic rings. The van der Waals surface area contributed by atoms with E-state index in [0.717, 1.165) is 0 Å². The topological polar surface area (TPSA) is 68.5 Å². The number of ether oxygens (including phenoxy) is 1. The molecule has 1 N–H and O–H groups in total. The van der Waals surface area contributed by atoms with Crippen LogP contribution >= 0.6 is 11.6 Å². The molecule has 7 heteroatoms. The first-order valence-corrected chi connectivity index (χ1v) is 5.73. The van der Waals surface area contributed by atoms with E-state index in [1.54, 1.807) is 33.0 Å². The van der Waals surface area contributed by atoms with Crippen LogP contribution in [0.4, 0.5) is 10.5 Å². The molecule has 0 aromatic carbocycles. The number of hydrogen-bond donors (Lipinski definition) is 1. The minimum Gasteiger partial charge on any atom is -0.444 e. The first-order chi connectivity index (χ1) is 8.35. The number of nitrogens with zero attached hydrogens (tertiary/aromatic N) is 3. The molecule has 0 aliphatic carbocycles. The smallest absolute Gasteiger partial charge is 0.412 e. The monoisotopic (exact) mass is 268 g/mol. The second-order valence-corrected chi connectivity index (χ2v) is 5.09. The minimum absolute atomic E-state index is 0.329. The Morgan fingerprint density at radius 1 is 1.50 bits per heavy atom. The van der Waals surface area contributed by atoms with E-state index in [4.69, 9.17) is 16.3 Å². The van der Waals surface area contributed by atoms with Crippen LogP contribution in [0.3, 0.4) is 0 Å². The average molecular weight is 269 g/mol. The van der Waals surface area contributed by atoms with Crippen LogP contribution < -0.4 is 5.32 Å². The molecule has 0 saturated heterocycles. The highest BCUT2D eigenvalue weighted by Crippen LogP contribution is 2.17. The predicted molar refractivity (Wildman–Crippen MR) is 67.9 cm³/mol. The zero-order valence-corrected chi connectivity index (χ0v) is 11.0. The zero-order chi connectivity index (χ0) is 13.3. The fraction of sp³-hybridized carbons (Fsp3) is 0.364. The number of aromatic nitrogens is 3. The molecule has 0 radical (unpaired) electrons. The van der Waals surface area contributed by atoms with E-state index in [-0.39, 0.29) is 0 Å². The highest BCUT2D eigenvalue weighted by molar-refractivity contribution is 6.29. The lowest BCUT2D eigenvalue weighted by Gasteiger charge is -2.19. The average Bonchev–Trinajstić information content (AvgIpc) is 2.58. The van der Waals surface area contributed by atoms with Crippen molar-refractivity contribution in [2.24, 2.45) is 0 Å². The van der Waals surface area contributed by atoms with Gasteiger partial charge in [0.1, 0.15) is 16.4 Å². The van der Waals surface area contributed by atoms with E-state index in [0.29, 0.717) is 16.5 Å². The van der Waals surface area contributed by atoms with Gasteiger partial charge >= 0.3 is 6.09 Å². The highest BCUT2D eigenvalue weighted by atomic mass is 35.5. The maximum absolute atomic E-state index is 11.6. The molecule has 0 aliphatic heterocycles. The summed E-state index contributed by atoms with van der Waals surface area (Å²) in [7, 11) is 0. The van der Waals surface area contributed by atoms with Crippen LogP contribution in [0.1, 0.15) is 20.8 Å². The van der Waals surface area contributed by atoms with Gasteiger partial charge in [-0.15, -0.1) is 0 Å². The van der Waals surface area contributed by atoms with Gasteiger partial charge in [-0.25, -0.2) is 14.3 Å². The van der Waals surface area contributed by atoms with Gasteiger partial charge in [0.25, 0.3) is 0 Å². The standard InChI is InChI=1S/C11H13ClN4O2/c1-11(2,3)18-10(17)14-7-6-13-16-5-4-8(12)15-9(7)16/h4-6H,1-3H3,(H,14,17). The molecule has 2 rings (SSSR count). The van der Waals surface area contributed by atoms with Crippen LogP contribution in [-0.4, -0.2) is 26.3 Å². The van der Waals surface area contributed by atoms with Crippen molar-refractivity contribution in [3.05, 3.63) is 23.6 Å². The molecule has 2 aromatic rings. The Balaban J connectivity index is 2.22. The van der Waals surface area contributed by atoms with E-state index in [1.807, 2.05) is 0 Å². The summed E-state index contributed by atoms with van der Waals surface area (Å²) in [6.45, 7) is 5.37. The largest absolute Gasteiger partial charge is 0.444 e. The van der Waals surface area contributed by atoms with Crippen LogP contribution in [0.2, 0.25) is 5.15 Å². The maximum Gasteiger partial charge on any atom is 0.412 e. The summed E-state index contributed by atoms with van der Waals surface area (Å²) >= 11 is 5.79. The molecule has 0 spiro atoms. The van der Waals surface area contributed by atoms with Gasteiger partial charge < -0.3 is 4.74 Å². The maximum atomic E-state index is 11.6. The molecule has 0 atom stereocenters. The molecule has 0 fully saturated rings. The molecule has 96 valence electrons. The Morgan fingerprint density at radius 2 is 2.22 bits per heavy atom. The number of carbonyl (C=O) groups is 1. The predicted octanol–water partition coefficient (Wildman–Crippen LogP) is 2.73. The van der Waals surface area contributed by atoms with Gasteiger partial charge in [0.05, 0.1) is 6.20 Å². The summed E-state index contributed by atoms with van der Waals surface area (Å²) in [5.41, 5.74) is 0.359. The summed E-state index contributed by atoms with van der Waals surface area (Å²) in [6.07, 6.45) is 2.59. The van der Waals surface area contributed by atoms with Crippen molar-refractivity contribution in [3.63, 3.8) is 0 Å². The molecule has 18 heavy (non-hydrogen) atoms. The van der Waals surface area contributed by atoms with Gasteiger partial charge in [-0.1, -0.05) is 11.6 Å². The van der Waals surface area contributed by atoms with Crippen LogP contribution in [0.25, 0.3) is 5.65 Å². The highest BCUT2D eigenvalue weighted by Gasteiger charge is 2.17. The van der Waals surface area contributed by atoms with Gasteiger partial charge in [0.15, 0.2) is 5.65 Å². The lowest BCUT2D eigenvalue weighted by atomic mass is 10.2. The molecular formula is C11H13ClN4O2. The van der Waals surface area contributed by atoms with Crippen molar-refractivity contribution in [1.82, 2.24) is 14.6 Å². The Kier molecular flexibility index (Phi) is 3.13. The number of amides is 1. The van der Waals surface area contributed by atoms with Crippen molar-refractivity contribution in [1.29, 1.82) is 0 Å². The third-order valence-corrected chi connectivity index (χ3v) is 2.18. The van der Waals surface area contributed by atoms with E-state index < -0.39 is 11.7 Å². The van der Waals surface area contributed by atoms with Gasteiger partial charge in [0, 0.05) is 6.20 Å². The third-order valence-electron chi connectivity index (χ3n) is 1.97. The Morgan fingerprint density at radius 3 is 2.89 bits per heavy atom. The van der Waals surface area contributed by atoms with E-state index in [2.05, 4.69) is 15.4 Å². The van der Waals surface area contributed by atoms with Gasteiger partial charge in [-0.05, 0) is 26.8 Å². The normalized spacial score (nSPS) is 11.6. The third kappa shape index (κ3) is 2.89. The lowest BCUT2D eigenvalue weighted by Crippen LogP contribution is -2.27. The van der Waals surface area contributed by atoms with E-state index >= 15 is 0 Å². The fourth-order valence-electron chi connectivity index (χ4n) is 1.35. The van der Waals surface area contributed by atoms with Crippen LogP contribution in [0, 0.1) is 0 Å². The zero-order valence-electron chi connectivity index (χ0n) is 10.3. The quantitative estimate of drug-likeness (QED) is 0.808. The number of anilines is 1. The summed E-state index contributed by atoms with van der Waals surface area (Å²) in [4.78, 5) is 15.7. The fourth-order valence-corrected chi connectivity index (χ4v) is 1.48. The number of fused-ring (bicyclic) bond motifs is 1. The van der Waals surface area contributed by atoms with Gasteiger partial charge in [-0.2, -0.15) is 5.10 Å². The summed E-state index contributed by atoms with van der Waals surface area (Å²) in [5.74, 6) is 0. The molecule has 0 unspecified atom stereocenters. The van der Waals surface area contributed by atoms with Crippen molar-refractivity contribution < 1.29 is 9.53 Å². The summed E-state index contributed by atoms with van der Waals surface area (Å²) in [6, 6.07) is 1.61. The van der Waals surface area contributed by atoms with Crippen molar-refractivity contribution >= 4 is 29.0 Å². The molecule has 2 heterocycles. The Bertz CT molecular complexity index is 588. The molecule has 0 bridgehead atoms. The second kappa shape index (κ2) is 4.45. The number of rotatable bonds is 1. The Hall–Kier alpha value is -1.82. The van der Waals surface area contributed by atoms with Gasteiger partial charge in [-0.3, -0.25) is 5.32 Å². The minimum atomic E-state index is -0.557. The number of carbonyl (C=O) groups excluding carboxylic acids is 1. The van der Waals surface area contributed by atoms with E-state index in [1.165, 1.54) is 10.7 Å². The summed E-state index contributed by atoms with van der Waals surface area (Å²) in [5, 5.41) is 6.95. The molecule has 0 saturated carbocycles. The Labute approximate surface area is 109 Å². The second-order valence-electron chi connectivity index (χ2n) is 4.70. The number of nitrogens with one attached hydrogen (secondary N) is 1. The molecule has 1 amide bonds. The summed E-state index contributed by atoms with van der Waals surface area (Å²) < 4.78 is 6.65. The van der Waals surface area contributed by atoms with Crippen molar-refractivity contribution in [2.45, 2.75) is 26.4 Å². The number of hydrogen-bond acceptors (Lipinski definition) is 4. The molecular weight excluding hydrogens is 256 g/mol. The first kappa shape index (κ1) is 12.6. The van der Waals surface area contributed by atoms with Gasteiger partial charge in [0.2, 0.25) is 0 Å². The first-order valence-electron chi connectivity index (χ1n) is 5.35. The lowest BCUT2D eigenvalue weighted by molar-refractivity contribution is 0.0636. The number of halogens is 1. The molecule has 2 aromatic heterocycles. The van der Waals surface area contributed by atoms with Crippen LogP contribution in [0.5, 0.6) is 0 Å². The SMILES string of the molecule is CC(C)(C)OC(=O)Nc1cnn2ccc(Cl)nc12. The van der Waals surface area contributed by atoms with Crippen molar-refractivity contribution in [2.75, 3.05) is 5.32 Å². The van der Waals surface area contributed by atoms with Crippen LogP contribution in [0.15, 0.2) is 18.5 Å². The van der Waals surface area contributed by atoms with E-state index in [9.17, 15) is 4.79 Å². The van der Waals surface area contributed by atoms with Crippen LogP contribution in [-0.2, 0) is 4.74 Å². The van der Waals surface area contributed by atoms with Crippen molar-refractivity contribution in [3.8, 4) is 0 Å². The molecule has 6 nitrogen and oxygen atoms in total.